The van der Waals surface area contributed by atoms with Crippen molar-refractivity contribution in [1.82, 2.24) is 4.98 Å². The van der Waals surface area contributed by atoms with Crippen molar-refractivity contribution in [2.45, 2.75) is 13.0 Å². The van der Waals surface area contributed by atoms with Crippen LogP contribution in [0.4, 0.5) is 14.6 Å². The number of aromatic nitrogens is 1. The molecular weight excluding hydrogens is 258 g/mol. The maximum atomic E-state index is 13.0. The van der Waals surface area contributed by atoms with Crippen LogP contribution in [0.1, 0.15) is 9.88 Å². The van der Waals surface area contributed by atoms with Gasteiger partial charge in [0, 0.05) is 19.0 Å². The van der Waals surface area contributed by atoms with Gasteiger partial charge in [-0.3, -0.25) is 0 Å². The molecule has 1 N–H and O–H groups in total. The summed E-state index contributed by atoms with van der Waals surface area (Å²) in [6, 6.07) is 3.49. The van der Waals surface area contributed by atoms with Crippen LogP contribution in [-0.2, 0) is 13.0 Å². The number of benzene rings is 1. The number of hydrogen-bond acceptors (Lipinski definition) is 4. The number of hydrogen-bond donors (Lipinski definition) is 1. The summed E-state index contributed by atoms with van der Waals surface area (Å²) in [6.07, 6.45) is 0.984. The molecule has 1 aliphatic heterocycles. The second kappa shape index (κ2) is 4.53. The number of halogens is 2. The van der Waals surface area contributed by atoms with Gasteiger partial charge < -0.3 is 10.1 Å². The largest absolute Gasteiger partial charge is 0.486 e. The van der Waals surface area contributed by atoms with Gasteiger partial charge in [-0.1, -0.05) is 0 Å². The van der Waals surface area contributed by atoms with Crippen LogP contribution in [0.25, 0.3) is 0 Å². The molecule has 0 unspecified atom stereocenters. The number of ether oxygens (including phenoxy) is 1. The number of fused-ring (bicyclic) bond motifs is 1. The SMILES string of the molecule is Fc1ccc(OCc2nc3c(s2)CCN3)cc1F. The van der Waals surface area contributed by atoms with Gasteiger partial charge in [0.05, 0.1) is 4.88 Å². The first-order valence-corrected chi connectivity index (χ1v) is 6.34. The summed E-state index contributed by atoms with van der Waals surface area (Å²) in [5.74, 6) is -0.559. The van der Waals surface area contributed by atoms with E-state index in [0.717, 1.165) is 35.9 Å². The van der Waals surface area contributed by atoms with Crippen molar-refractivity contribution < 1.29 is 13.5 Å². The van der Waals surface area contributed by atoms with E-state index in [1.54, 1.807) is 11.3 Å². The van der Waals surface area contributed by atoms with Crippen LogP contribution in [0.3, 0.4) is 0 Å². The lowest BCUT2D eigenvalue weighted by Crippen LogP contribution is -1.98. The number of nitrogens with zero attached hydrogens (tertiary/aromatic N) is 1. The van der Waals surface area contributed by atoms with Crippen LogP contribution in [0.2, 0.25) is 0 Å². The van der Waals surface area contributed by atoms with Gasteiger partial charge in [-0.25, -0.2) is 13.8 Å². The molecule has 3 nitrogen and oxygen atoms in total. The van der Waals surface area contributed by atoms with Crippen molar-refractivity contribution in [2.75, 3.05) is 11.9 Å². The Morgan fingerprint density at radius 3 is 3.00 bits per heavy atom. The quantitative estimate of drug-likeness (QED) is 0.929. The molecule has 2 aromatic rings. The number of rotatable bonds is 3. The van der Waals surface area contributed by atoms with E-state index in [2.05, 4.69) is 10.3 Å². The molecule has 1 aromatic carbocycles. The number of anilines is 1. The molecule has 0 atom stereocenters. The lowest BCUT2D eigenvalue weighted by atomic mass is 10.3. The van der Waals surface area contributed by atoms with Gasteiger partial charge in [0.15, 0.2) is 11.6 Å². The molecule has 1 aromatic heterocycles. The first kappa shape index (κ1) is 11.4. The second-order valence-corrected chi connectivity index (χ2v) is 5.09. The molecule has 0 amide bonds. The molecule has 1 aliphatic rings. The minimum Gasteiger partial charge on any atom is -0.486 e. The fourth-order valence-corrected chi connectivity index (χ4v) is 2.73. The zero-order valence-corrected chi connectivity index (χ0v) is 10.2. The highest BCUT2D eigenvalue weighted by Crippen LogP contribution is 2.28. The first-order valence-electron chi connectivity index (χ1n) is 5.52. The van der Waals surface area contributed by atoms with Crippen LogP contribution >= 0.6 is 11.3 Å². The topological polar surface area (TPSA) is 34.1 Å². The maximum Gasteiger partial charge on any atom is 0.162 e. The summed E-state index contributed by atoms with van der Waals surface area (Å²) < 4.78 is 31.1. The van der Waals surface area contributed by atoms with Crippen molar-refractivity contribution in [3.8, 4) is 5.75 Å². The molecule has 18 heavy (non-hydrogen) atoms. The molecule has 0 radical (unpaired) electrons. The Hall–Kier alpha value is -1.69. The van der Waals surface area contributed by atoms with E-state index in [-0.39, 0.29) is 6.61 Å². The zero-order chi connectivity index (χ0) is 12.5. The Morgan fingerprint density at radius 1 is 1.33 bits per heavy atom. The van der Waals surface area contributed by atoms with Crippen LogP contribution < -0.4 is 10.1 Å². The normalized spacial score (nSPS) is 13.2. The third kappa shape index (κ3) is 2.15. The predicted octanol–water partition coefficient (Wildman–Crippen LogP) is 2.97. The summed E-state index contributed by atoms with van der Waals surface area (Å²) in [7, 11) is 0. The molecule has 0 fully saturated rings. The summed E-state index contributed by atoms with van der Waals surface area (Å²) in [6.45, 7) is 1.20. The van der Waals surface area contributed by atoms with Gasteiger partial charge in [0.1, 0.15) is 23.2 Å². The van der Waals surface area contributed by atoms with Crippen LogP contribution in [0, 0.1) is 11.6 Å². The lowest BCUT2D eigenvalue weighted by molar-refractivity contribution is 0.302. The molecule has 0 aliphatic carbocycles. The summed E-state index contributed by atoms with van der Waals surface area (Å²) in [5.41, 5.74) is 0. The zero-order valence-electron chi connectivity index (χ0n) is 9.37. The summed E-state index contributed by atoms with van der Waals surface area (Å²) >= 11 is 1.58. The van der Waals surface area contributed by atoms with Gasteiger partial charge in [-0.15, -0.1) is 11.3 Å². The predicted molar refractivity (Wildman–Crippen MR) is 65.0 cm³/mol. The molecule has 0 saturated carbocycles. The summed E-state index contributed by atoms with van der Waals surface area (Å²) in [4.78, 5) is 5.58. The molecule has 0 saturated heterocycles. The standard InChI is InChI=1S/C12H10F2N2OS/c13-8-2-1-7(5-9(8)14)17-6-11-16-12-10(18-11)3-4-15-12/h1-2,5,15H,3-4,6H2. The van der Waals surface area contributed by atoms with Crippen LogP contribution in [0.15, 0.2) is 18.2 Å². The number of thiazole rings is 1. The van der Waals surface area contributed by atoms with Crippen molar-refractivity contribution in [2.24, 2.45) is 0 Å². The molecule has 0 bridgehead atoms. The smallest absolute Gasteiger partial charge is 0.162 e. The first-order chi connectivity index (χ1) is 8.72. The Labute approximate surface area is 106 Å². The van der Waals surface area contributed by atoms with E-state index < -0.39 is 11.6 Å². The molecule has 6 heteroatoms. The molecule has 3 rings (SSSR count). The van der Waals surface area contributed by atoms with Gasteiger partial charge >= 0.3 is 0 Å². The molecule has 2 heterocycles. The Kier molecular flexibility index (Phi) is 2.87. The fourth-order valence-electron chi connectivity index (χ4n) is 1.78. The Balaban J connectivity index is 1.68. The van der Waals surface area contributed by atoms with Gasteiger partial charge in [0.25, 0.3) is 0 Å². The Morgan fingerprint density at radius 2 is 2.22 bits per heavy atom. The van der Waals surface area contributed by atoms with Crippen molar-refractivity contribution in [3.63, 3.8) is 0 Å². The molecule has 94 valence electrons. The van der Waals surface area contributed by atoms with E-state index in [1.807, 2.05) is 0 Å². The number of nitrogens with one attached hydrogen (secondary N) is 1. The van der Waals surface area contributed by atoms with E-state index in [0.29, 0.717) is 5.75 Å². The summed E-state index contributed by atoms with van der Waals surface area (Å²) in [5, 5.41) is 4.00. The maximum absolute atomic E-state index is 13.0. The third-order valence-electron chi connectivity index (χ3n) is 2.64. The monoisotopic (exact) mass is 268 g/mol. The van der Waals surface area contributed by atoms with E-state index in [1.165, 1.54) is 10.9 Å². The minimum atomic E-state index is -0.907. The lowest BCUT2D eigenvalue weighted by Gasteiger charge is -2.04. The van der Waals surface area contributed by atoms with Crippen LogP contribution in [0.5, 0.6) is 5.75 Å². The molecular formula is C12H10F2N2OS. The minimum absolute atomic E-state index is 0.268. The van der Waals surface area contributed by atoms with E-state index in [9.17, 15) is 8.78 Å². The molecule has 0 spiro atoms. The van der Waals surface area contributed by atoms with Crippen LogP contribution in [-0.4, -0.2) is 11.5 Å². The van der Waals surface area contributed by atoms with Gasteiger partial charge in [-0.05, 0) is 12.1 Å². The van der Waals surface area contributed by atoms with Crippen molar-refractivity contribution >= 4 is 17.2 Å². The Bertz CT molecular complexity index is 564. The van der Waals surface area contributed by atoms with Crippen molar-refractivity contribution in [3.05, 3.63) is 39.7 Å². The van der Waals surface area contributed by atoms with Gasteiger partial charge in [-0.2, -0.15) is 0 Å². The third-order valence-corrected chi connectivity index (χ3v) is 3.73. The highest BCUT2D eigenvalue weighted by molar-refractivity contribution is 7.12. The average molecular weight is 268 g/mol. The van der Waals surface area contributed by atoms with Crippen molar-refractivity contribution in [1.29, 1.82) is 0 Å². The van der Waals surface area contributed by atoms with E-state index in [4.69, 9.17) is 4.74 Å². The van der Waals surface area contributed by atoms with Gasteiger partial charge in [0.2, 0.25) is 0 Å². The average Bonchev–Trinajstić information content (AvgIpc) is 2.91. The fraction of sp³-hybridized carbons (Fsp3) is 0.250. The second-order valence-electron chi connectivity index (χ2n) is 3.92. The van der Waals surface area contributed by atoms with E-state index >= 15 is 0 Å². The highest BCUT2D eigenvalue weighted by Gasteiger charge is 2.16. The highest BCUT2D eigenvalue weighted by atomic mass is 32.1.